The Morgan fingerprint density at radius 3 is 2.78 bits per heavy atom. The number of carbonyl (C=O) groups is 2. The molecule has 2 atom stereocenters. The molecule has 0 aromatic heterocycles. The lowest BCUT2D eigenvalue weighted by atomic mass is 9.96. The highest BCUT2D eigenvalue weighted by Gasteiger charge is 2.29. The van der Waals surface area contributed by atoms with Gasteiger partial charge in [0.25, 0.3) is 0 Å². The number of rotatable bonds is 6. The first-order valence-corrected chi connectivity index (χ1v) is 7.96. The molecule has 0 aliphatic carbocycles. The zero-order valence-corrected chi connectivity index (χ0v) is 12.0. The summed E-state index contributed by atoms with van der Waals surface area (Å²) < 4.78 is 0. The third-order valence-electron chi connectivity index (χ3n) is 3.44. The van der Waals surface area contributed by atoms with Gasteiger partial charge in [-0.15, -0.1) is 0 Å². The third kappa shape index (κ3) is 4.52. The first-order valence-electron chi connectivity index (χ1n) is 6.57. The lowest BCUT2D eigenvalue weighted by Crippen LogP contribution is -2.46. The van der Waals surface area contributed by atoms with Crippen LogP contribution in [0, 0.1) is 5.92 Å². The quantitative estimate of drug-likeness (QED) is 0.806. The van der Waals surface area contributed by atoms with Crippen molar-refractivity contribution < 1.29 is 14.7 Å². The molecule has 1 aliphatic rings. The van der Waals surface area contributed by atoms with E-state index in [1.807, 2.05) is 18.1 Å². The fourth-order valence-corrected chi connectivity index (χ4v) is 3.13. The zero-order valence-electron chi connectivity index (χ0n) is 11.2. The van der Waals surface area contributed by atoms with Gasteiger partial charge in [0.15, 0.2) is 0 Å². The van der Waals surface area contributed by atoms with Gasteiger partial charge in [0, 0.05) is 30.7 Å². The second-order valence-electron chi connectivity index (χ2n) is 4.97. The van der Waals surface area contributed by atoms with Crippen molar-refractivity contribution in [2.45, 2.75) is 45.1 Å². The van der Waals surface area contributed by atoms with Crippen LogP contribution in [-0.4, -0.2) is 46.5 Å². The smallest absolute Gasteiger partial charge is 0.303 e. The van der Waals surface area contributed by atoms with Crippen molar-refractivity contribution in [3.63, 3.8) is 0 Å². The number of likely N-dealkylation sites (tertiary alicyclic amines) is 1. The number of hydrogen-bond acceptors (Lipinski definition) is 3. The molecule has 0 aromatic carbocycles. The van der Waals surface area contributed by atoms with Gasteiger partial charge in [-0.2, -0.15) is 11.8 Å². The monoisotopic (exact) mass is 273 g/mol. The molecule has 1 heterocycles. The molecule has 0 spiro atoms. The molecule has 18 heavy (non-hydrogen) atoms. The number of thioether (sulfide) groups is 1. The van der Waals surface area contributed by atoms with Gasteiger partial charge in [-0.25, -0.2) is 0 Å². The Balaban J connectivity index is 2.57. The highest BCUT2D eigenvalue weighted by Crippen LogP contribution is 2.23. The summed E-state index contributed by atoms with van der Waals surface area (Å²) in [7, 11) is 0. The fourth-order valence-electron chi connectivity index (χ4n) is 2.49. The van der Waals surface area contributed by atoms with E-state index in [2.05, 4.69) is 0 Å². The summed E-state index contributed by atoms with van der Waals surface area (Å²) in [5.74, 6) is 0.288. The Labute approximate surface area is 113 Å². The molecule has 1 saturated heterocycles. The molecule has 1 amide bonds. The summed E-state index contributed by atoms with van der Waals surface area (Å²) >= 11 is 1.68. The number of aliphatic carboxylic acids is 1. The summed E-state index contributed by atoms with van der Waals surface area (Å²) in [6.45, 7) is 2.75. The average Bonchev–Trinajstić information content (AvgIpc) is 2.36. The van der Waals surface area contributed by atoms with E-state index >= 15 is 0 Å². The van der Waals surface area contributed by atoms with Crippen molar-refractivity contribution in [2.24, 2.45) is 5.92 Å². The van der Waals surface area contributed by atoms with Crippen LogP contribution >= 0.6 is 11.8 Å². The number of carboxylic acids is 1. The molecule has 1 fully saturated rings. The maximum atomic E-state index is 12.3. The van der Waals surface area contributed by atoms with Crippen molar-refractivity contribution in [2.75, 3.05) is 18.6 Å². The van der Waals surface area contributed by atoms with Crippen LogP contribution in [0.1, 0.15) is 39.0 Å². The van der Waals surface area contributed by atoms with Crippen molar-refractivity contribution in [3.05, 3.63) is 0 Å². The summed E-state index contributed by atoms with van der Waals surface area (Å²) in [6, 6.07) is 0.131. The van der Waals surface area contributed by atoms with Crippen molar-refractivity contribution in [1.29, 1.82) is 0 Å². The normalized spacial score (nSPS) is 21.7. The molecule has 1 aliphatic heterocycles. The molecule has 5 heteroatoms. The van der Waals surface area contributed by atoms with Crippen LogP contribution < -0.4 is 0 Å². The Morgan fingerprint density at radius 1 is 1.44 bits per heavy atom. The summed E-state index contributed by atoms with van der Waals surface area (Å²) in [6.07, 6.45) is 5.84. The molecule has 0 aromatic rings. The van der Waals surface area contributed by atoms with Crippen LogP contribution in [0.2, 0.25) is 0 Å². The molecule has 1 N–H and O–H groups in total. The zero-order chi connectivity index (χ0) is 13.5. The fraction of sp³-hybridized carbons (Fsp3) is 0.846. The SMILES string of the molecule is CSC[C@H](C)C(=O)N1CCCC[C@@H]1CCC(=O)O. The number of hydrogen-bond donors (Lipinski definition) is 1. The average molecular weight is 273 g/mol. The third-order valence-corrected chi connectivity index (χ3v) is 4.27. The number of carboxylic acid groups (broad SMARTS) is 1. The van der Waals surface area contributed by atoms with Gasteiger partial charge in [0.05, 0.1) is 0 Å². The summed E-state index contributed by atoms with van der Waals surface area (Å²) in [5.41, 5.74) is 0. The summed E-state index contributed by atoms with van der Waals surface area (Å²) in [5, 5.41) is 8.76. The number of nitrogens with zero attached hydrogens (tertiary/aromatic N) is 1. The van der Waals surface area contributed by atoms with E-state index in [-0.39, 0.29) is 24.3 Å². The predicted molar refractivity (Wildman–Crippen MR) is 73.8 cm³/mol. The molecule has 104 valence electrons. The van der Waals surface area contributed by atoms with Crippen molar-refractivity contribution in [1.82, 2.24) is 4.90 Å². The Bertz CT molecular complexity index is 296. The molecule has 0 unspecified atom stereocenters. The molecular weight excluding hydrogens is 250 g/mol. The molecule has 0 bridgehead atoms. The van der Waals surface area contributed by atoms with E-state index in [1.165, 1.54) is 0 Å². The standard InChI is InChI=1S/C13H23NO3S/c1-10(9-18-2)13(17)14-8-4-3-5-11(14)6-7-12(15)16/h10-11H,3-9H2,1-2H3,(H,15,16)/t10-,11+/m0/s1. The van der Waals surface area contributed by atoms with Gasteiger partial charge in [-0.3, -0.25) is 9.59 Å². The van der Waals surface area contributed by atoms with E-state index in [0.717, 1.165) is 31.6 Å². The topological polar surface area (TPSA) is 57.6 Å². The van der Waals surface area contributed by atoms with Crippen molar-refractivity contribution in [3.8, 4) is 0 Å². The van der Waals surface area contributed by atoms with Crippen LogP contribution in [0.4, 0.5) is 0 Å². The molecule has 1 rings (SSSR count). The maximum Gasteiger partial charge on any atom is 0.303 e. The van der Waals surface area contributed by atoms with Crippen LogP contribution in [0.3, 0.4) is 0 Å². The van der Waals surface area contributed by atoms with Gasteiger partial charge in [0.2, 0.25) is 5.91 Å². The van der Waals surface area contributed by atoms with Crippen molar-refractivity contribution >= 4 is 23.6 Å². The highest BCUT2D eigenvalue weighted by atomic mass is 32.2. The number of amides is 1. The van der Waals surface area contributed by atoms with Gasteiger partial charge >= 0.3 is 5.97 Å². The van der Waals surface area contributed by atoms with Crippen LogP contribution in [-0.2, 0) is 9.59 Å². The van der Waals surface area contributed by atoms with Crippen LogP contribution in [0.15, 0.2) is 0 Å². The minimum Gasteiger partial charge on any atom is -0.481 e. The maximum absolute atomic E-state index is 12.3. The predicted octanol–water partition coefficient (Wildman–Crippen LogP) is 2.23. The van der Waals surface area contributed by atoms with Gasteiger partial charge < -0.3 is 10.0 Å². The largest absolute Gasteiger partial charge is 0.481 e. The Kier molecular flexibility index (Phi) is 6.54. The minimum atomic E-state index is -0.773. The van der Waals surface area contributed by atoms with E-state index in [1.54, 1.807) is 11.8 Å². The Morgan fingerprint density at radius 2 is 2.17 bits per heavy atom. The second kappa shape index (κ2) is 7.67. The van der Waals surface area contributed by atoms with Gasteiger partial charge in [0.1, 0.15) is 0 Å². The lowest BCUT2D eigenvalue weighted by Gasteiger charge is -2.37. The van der Waals surface area contributed by atoms with E-state index in [4.69, 9.17) is 5.11 Å². The van der Waals surface area contributed by atoms with E-state index < -0.39 is 5.97 Å². The van der Waals surface area contributed by atoms with E-state index in [0.29, 0.717) is 6.42 Å². The molecular formula is C13H23NO3S. The first kappa shape index (κ1) is 15.3. The number of carbonyl (C=O) groups excluding carboxylic acids is 1. The second-order valence-corrected chi connectivity index (χ2v) is 5.88. The molecule has 0 radical (unpaired) electrons. The van der Waals surface area contributed by atoms with Gasteiger partial charge in [-0.1, -0.05) is 6.92 Å². The van der Waals surface area contributed by atoms with Crippen LogP contribution in [0.25, 0.3) is 0 Å². The molecule has 0 saturated carbocycles. The van der Waals surface area contributed by atoms with E-state index in [9.17, 15) is 9.59 Å². The van der Waals surface area contributed by atoms with Crippen LogP contribution in [0.5, 0.6) is 0 Å². The lowest BCUT2D eigenvalue weighted by molar-refractivity contribution is -0.141. The molecule has 4 nitrogen and oxygen atoms in total. The highest BCUT2D eigenvalue weighted by molar-refractivity contribution is 7.98. The number of piperidine rings is 1. The Hall–Kier alpha value is -0.710. The minimum absolute atomic E-state index is 0.0328. The first-order chi connectivity index (χ1) is 8.56. The van der Waals surface area contributed by atoms with Gasteiger partial charge in [-0.05, 0) is 31.9 Å². The summed E-state index contributed by atoms with van der Waals surface area (Å²) in [4.78, 5) is 24.9.